The molecule has 0 spiro atoms. The van der Waals surface area contributed by atoms with Gasteiger partial charge in [-0.25, -0.2) is 0 Å². The van der Waals surface area contributed by atoms with Crippen LogP contribution >= 0.6 is 0 Å². The monoisotopic (exact) mass is 758 g/mol. The predicted octanol–water partition coefficient (Wildman–Crippen LogP) is 12.5. The molecule has 3 heteroatoms. The Labute approximate surface area is 346 Å². The van der Waals surface area contributed by atoms with Gasteiger partial charge in [-0.05, 0) is 114 Å². The van der Waals surface area contributed by atoms with Gasteiger partial charge in [0.25, 0.3) is 0 Å². The Bertz CT molecular complexity index is 3040. The van der Waals surface area contributed by atoms with Crippen LogP contribution in [0.2, 0.25) is 0 Å². The maximum absolute atomic E-state index is 2.66. The van der Waals surface area contributed by atoms with Crippen LogP contribution in [0.4, 0.5) is 0 Å². The first kappa shape index (κ1) is 37.3. The molecular formula is C55H59BN2. The fourth-order valence-corrected chi connectivity index (χ4v) is 10.4. The largest absolute Gasteiger partial charge is 0.310 e. The van der Waals surface area contributed by atoms with E-state index in [-0.39, 0.29) is 33.8 Å². The van der Waals surface area contributed by atoms with Crippen molar-refractivity contribution in [1.29, 1.82) is 0 Å². The smallest absolute Gasteiger partial charge is 0.247 e. The molecule has 2 aliphatic heterocycles. The lowest BCUT2D eigenvalue weighted by atomic mass is 9.30. The zero-order valence-electron chi connectivity index (χ0n) is 37.3. The summed E-state index contributed by atoms with van der Waals surface area (Å²) in [6.45, 7) is 33.2. The van der Waals surface area contributed by atoms with E-state index < -0.39 is 0 Å². The van der Waals surface area contributed by atoms with Crippen LogP contribution in [-0.4, -0.2) is 15.8 Å². The summed E-state index contributed by atoms with van der Waals surface area (Å²) in [6, 6.07) is 41.1. The predicted molar refractivity (Wildman–Crippen MR) is 253 cm³/mol. The van der Waals surface area contributed by atoms with Crippen LogP contribution < -0.4 is 16.4 Å². The van der Waals surface area contributed by atoms with Gasteiger partial charge in [-0.3, -0.25) is 0 Å². The van der Waals surface area contributed by atoms with Crippen molar-refractivity contribution in [2.75, 3.05) is 0 Å². The highest BCUT2D eigenvalue weighted by atomic mass is 15.0. The molecule has 0 atom stereocenters. The average Bonchev–Trinajstić information content (AvgIpc) is 3.65. The third-order valence-corrected chi connectivity index (χ3v) is 14.0. The van der Waals surface area contributed by atoms with Crippen LogP contribution in [0.1, 0.15) is 130 Å². The molecule has 292 valence electrons. The minimum Gasteiger partial charge on any atom is -0.310 e. The van der Waals surface area contributed by atoms with Crippen molar-refractivity contribution in [3.8, 4) is 11.4 Å². The van der Waals surface area contributed by atoms with E-state index in [9.17, 15) is 0 Å². The van der Waals surface area contributed by atoms with Crippen LogP contribution in [-0.2, 0) is 27.1 Å². The van der Waals surface area contributed by atoms with E-state index in [1.807, 2.05) is 0 Å². The fourth-order valence-electron chi connectivity index (χ4n) is 10.4. The lowest BCUT2D eigenvalue weighted by molar-refractivity contribution is 0.582. The van der Waals surface area contributed by atoms with Crippen molar-refractivity contribution in [3.63, 3.8) is 0 Å². The second-order valence-electron chi connectivity index (χ2n) is 22.4. The van der Waals surface area contributed by atoms with Crippen molar-refractivity contribution in [2.45, 2.75) is 124 Å². The summed E-state index contributed by atoms with van der Waals surface area (Å²) in [4.78, 5) is 0. The molecule has 0 unspecified atom stereocenters. The summed E-state index contributed by atoms with van der Waals surface area (Å²) in [7, 11) is 0. The van der Waals surface area contributed by atoms with Crippen LogP contribution in [0, 0.1) is 0 Å². The third-order valence-electron chi connectivity index (χ3n) is 14.0. The molecule has 0 aliphatic carbocycles. The van der Waals surface area contributed by atoms with Crippen molar-refractivity contribution < 1.29 is 0 Å². The van der Waals surface area contributed by atoms with Crippen LogP contribution in [0.3, 0.4) is 0 Å². The molecule has 0 fully saturated rings. The van der Waals surface area contributed by atoms with E-state index in [4.69, 9.17) is 0 Å². The maximum atomic E-state index is 2.66. The van der Waals surface area contributed by atoms with Crippen molar-refractivity contribution >= 4 is 66.7 Å². The molecule has 0 N–H and O–H groups in total. The van der Waals surface area contributed by atoms with Gasteiger partial charge in [0.1, 0.15) is 0 Å². The molecule has 8 aromatic rings. The lowest BCUT2D eigenvalue weighted by Crippen LogP contribution is -2.63. The molecule has 58 heavy (non-hydrogen) atoms. The fraction of sp³-hybridized carbons (Fsp3) is 0.345. The normalized spacial score (nSPS) is 15.2. The second-order valence-corrected chi connectivity index (χ2v) is 22.4. The van der Waals surface area contributed by atoms with Gasteiger partial charge in [0.05, 0.1) is 16.6 Å². The van der Waals surface area contributed by atoms with E-state index >= 15 is 0 Å². The molecule has 6 aromatic carbocycles. The molecule has 10 rings (SSSR count). The summed E-state index contributed by atoms with van der Waals surface area (Å²) >= 11 is 0. The van der Waals surface area contributed by atoms with E-state index in [0.717, 1.165) is 0 Å². The first-order valence-corrected chi connectivity index (χ1v) is 21.6. The number of benzene rings is 6. The highest BCUT2D eigenvalue weighted by Crippen LogP contribution is 2.45. The Hall–Kier alpha value is -5.02. The quantitative estimate of drug-likeness (QED) is 0.148. The van der Waals surface area contributed by atoms with Gasteiger partial charge in [-0.2, -0.15) is 0 Å². The molecular weight excluding hydrogens is 699 g/mol. The van der Waals surface area contributed by atoms with Gasteiger partial charge >= 0.3 is 0 Å². The molecule has 2 aliphatic rings. The zero-order valence-corrected chi connectivity index (χ0v) is 37.3. The molecule has 0 saturated carbocycles. The molecule has 2 aromatic heterocycles. The van der Waals surface area contributed by atoms with Gasteiger partial charge in [0, 0.05) is 43.9 Å². The number of para-hydroxylation sites is 1. The zero-order chi connectivity index (χ0) is 41.2. The number of hydrogen-bond donors (Lipinski definition) is 0. The summed E-state index contributed by atoms with van der Waals surface area (Å²) in [5.74, 6) is 0. The number of aromatic nitrogens is 2. The topological polar surface area (TPSA) is 9.86 Å². The van der Waals surface area contributed by atoms with Crippen molar-refractivity contribution in [2.24, 2.45) is 0 Å². The molecule has 0 radical (unpaired) electrons. The first-order chi connectivity index (χ1) is 27.0. The Morgan fingerprint density at radius 2 is 1.00 bits per heavy atom. The average molecular weight is 759 g/mol. The minimum atomic E-state index is -0.247. The Morgan fingerprint density at radius 3 is 1.66 bits per heavy atom. The highest BCUT2D eigenvalue weighted by molar-refractivity contribution is 6.99. The second kappa shape index (κ2) is 11.6. The van der Waals surface area contributed by atoms with E-state index in [2.05, 4.69) is 209 Å². The standard InChI is InChI=1S/C55H59BN2/c1-51(2,3)32-19-22-36(23-20-32)57-45-18-16-15-17-37(45)39-30-43-41(31-47(39)57)55(13,14)42-27-35(54(10,11)12)29-48-49(42)56(43)44-28-34(53(7,8)9)26-40-38-25-33(52(4,5)6)21-24-46(38)58(48)50(40)44/h15-31H,1-14H3. The maximum Gasteiger partial charge on any atom is 0.247 e. The van der Waals surface area contributed by atoms with E-state index in [1.54, 1.807) is 0 Å². The van der Waals surface area contributed by atoms with Gasteiger partial charge in [0.2, 0.25) is 6.71 Å². The summed E-state index contributed by atoms with van der Waals surface area (Å²) in [5, 5.41) is 5.37. The molecule has 4 heterocycles. The van der Waals surface area contributed by atoms with E-state index in [0.29, 0.717) is 0 Å². The van der Waals surface area contributed by atoms with Gasteiger partial charge < -0.3 is 9.13 Å². The summed E-state index contributed by atoms with van der Waals surface area (Å²) in [6.07, 6.45) is 0. The van der Waals surface area contributed by atoms with Crippen molar-refractivity contribution in [1.82, 2.24) is 9.13 Å². The van der Waals surface area contributed by atoms with Crippen LogP contribution in [0.25, 0.3) is 55.0 Å². The Kier molecular flexibility index (Phi) is 7.45. The molecule has 2 nitrogen and oxygen atoms in total. The van der Waals surface area contributed by atoms with Gasteiger partial charge in [-0.15, -0.1) is 0 Å². The SMILES string of the molecule is CC(C)(C)c1ccc(-n2c3ccccc3c3cc4c(cc32)C(C)(C)c2cc(C(C)(C)C)cc3c2B4c2cc(C(C)(C)C)cc4c5cc(C(C)(C)C)ccc5n-3c24)cc1. The first-order valence-electron chi connectivity index (χ1n) is 21.6. The number of hydrogen-bond acceptors (Lipinski definition) is 0. The third kappa shape index (κ3) is 5.17. The number of nitrogens with zero attached hydrogens (tertiary/aromatic N) is 2. The molecule has 0 amide bonds. The Morgan fingerprint density at radius 1 is 0.431 bits per heavy atom. The van der Waals surface area contributed by atoms with Gasteiger partial charge in [-0.1, -0.05) is 157 Å². The molecule has 0 bridgehead atoms. The summed E-state index contributed by atoms with van der Waals surface area (Å²) in [5.41, 5.74) is 20.4. The summed E-state index contributed by atoms with van der Waals surface area (Å²) < 4.78 is 5.18. The number of fused-ring (bicyclic) bond motifs is 10. The van der Waals surface area contributed by atoms with Crippen LogP contribution in [0.15, 0.2) is 103 Å². The van der Waals surface area contributed by atoms with Crippen LogP contribution in [0.5, 0.6) is 0 Å². The van der Waals surface area contributed by atoms with Crippen molar-refractivity contribution in [3.05, 3.63) is 137 Å². The molecule has 0 saturated heterocycles. The highest BCUT2D eigenvalue weighted by Gasteiger charge is 2.46. The van der Waals surface area contributed by atoms with Gasteiger partial charge in [0.15, 0.2) is 0 Å². The van der Waals surface area contributed by atoms with E-state index in [1.165, 1.54) is 105 Å². The lowest BCUT2D eigenvalue weighted by Gasteiger charge is -2.43. The minimum absolute atomic E-state index is 0.0172. The Balaban J connectivity index is 1.37. The number of rotatable bonds is 1.